The van der Waals surface area contributed by atoms with Crippen LogP contribution >= 0.6 is 0 Å². The molecule has 0 radical (unpaired) electrons. The summed E-state index contributed by atoms with van der Waals surface area (Å²) in [5.74, 6) is 0. The normalized spacial score (nSPS) is 12.2. The van der Waals surface area contributed by atoms with E-state index in [1.807, 2.05) is 0 Å². The van der Waals surface area contributed by atoms with E-state index in [1.165, 1.54) is 115 Å². The SMILES string of the molecule is c1cc(-c2cccc(-n3c4ccccc4c4ccccc43)c2)cc(-c2ccc3c(c2)-c2cccc(-c4ccc5c6ccccc6c6ccccc6c5c4)c2C3)c1. The van der Waals surface area contributed by atoms with Gasteiger partial charge in [0.1, 0.15) is 0 Å². The van der Waals surface area contributed by atoms with E-state index in [4.69, 9.17) is 0 Å². The van der Waals surface area contributed by atoms with E-state index < -0.39 is 0 Å². The van der Waals surface area contributed by atoms with Crippen LogP contribution in [0.4, 0.5) is 0 Å². The Morgan fingerprint density at radius 2 is 0.786 bits per heavy atom. The van der Waals surface area contributed by atoms with Gasteiger partial charge in [-0.15, -0.1) is 0 Å². The van der Waals surface area contributed by atoms with Gasteiger partial charge in [-0.1, -0.05) is 158 Å². The van der Waals surface area contributed by atoms with E-state index in [0.717, 1.165) is 6.42 Å². The summed E-state index contributed by atoms with van der Waals surface area (Å²) in [5, 5.41) is 10.4. The Labute approximate surface area is 325 Å². The van der Waals surface area contributed by atoms with Crippen LogP contribution < -0.4 is 0 Å². The number of fused-ring (bicyclic) bond motifs is 12. The summed E-state index contributed by atoms with van der Waals surface area (Å²) in [6.07, 6.45) is 0.938. The third-order valence-electron chi connectivity index (χ3n) is 12.2. The summed E-state index contributed by atoms with van der Waals surface area (Å²) >= 11 is 0. The van der Waals surface area contributed by atoms with Crippen molar-refractivity contribution in [3.63, 3.8) is 0 Å². The minimum atomic E-state index is 0.938. The second-order valence-corrected chi connectivity index (χ2v) is 15.2. The molecule has 1 heteroatoms. The number of hydrogen-bond acceptors (Lipinski definition) is 0. The van der Waals surface area contributed by atoms with Crippen LogP contribution in [0.3, 0.4) is 0 Å². The molecule has 11 aromatic rings. The molecule has 1 nitrogen and oxygen atoms in total. The lowest BCUT2D eigenvalue weighted by Crippen LogP contribution is -1.94. The number of rotatable bonds is 4. The van der Waals surface area contributed by atoms with E-state index in [-0.39, 0.29) is 0 Å². The summed E-state index contributed by atoms with van der Waals surface area (Å²) < 4.78 is 2.40. The van der Waals surface area contributed by atoms with Gasteiger partial charge in [0.2, 0.25) is 0 Å². The zero-order chi connectivity index (χ0) is 36.7. The molecule has 0 saturated heterocycles. The summed E-state index contributed by atoms with van der Waals surface area (Å²) in [6.45, 7) is 0. The number of benzene rings is 10. The first-order valence-corrected chi connectivity index (χ1v) is 19.6. The number of para-hydroxylation sites is 2. The maximum Gasteiger partial charge on any atom is 0.0541 e. The highest BCUT2D eigenvalue weighted by Gasteiger charge is 2.23. The number of aromatic nitrogens is 1. The third kappa shape index (κ3) is 4.68. The Balaban J connectivity index is 0.924. The summed E-state index contributed by atoms with van der Waals surface area (Å²) in [6, 6.07) is 74.1. The number of nitrogens with zero attached hydrogens (tertiary/aromatic N) is 1. The minimum absolute atomic E-state index is 0.938. The van der Waals surface area contributed by atoms with Crippen LogP contribution in [0.15, 0.2) is 200 Å². The predicted octanol–water partition coefficient (Wildman–Crippen LogP) is 14.8. The molecular formula is C55H35N. The zero-order valence-corrected chi connectivity index (χ0v) is 30.7. The van der Waals surface area contributed by atoms with Crippen molar-refractivity contribution in [3.05, 3.63) is 211 Å². The van der Waals surface area contributed by atoms with Crippen LogP contribution in [-0.2, 0) is 6.42 Å². The first kappa shape index (κ1) is 31.2. The van der Waals surface area contributed by atoms with Crippen LogP contribution in [0.25, 0.3) is 104 Å². The largest absolute Gasteiger partial charge is 0.309 e. The maximum absolute atomic E-state index is 2.43. The molecule has 0 spiro atoms. The average Bonchev–Trinajstić information content (AvgIpc) is 3.82. The van der Waals surface area contributed by atoms with Gasteiger partial charge in [0.15, 0.2) is 0 Å². The molecule has 1 aliphatic carbocycles. The van der Waals surface area contributed by atoms with Crippen molar-refractivity contribution >= 4 is 54.1 Å². The lowest BCUT2D eigenvalue weighted by Gasteiger charge is -2.14. The first-order valence-electron chi connectivity index (χ1n) is 19.6. The first-order chi connectivity index (χ1) is 27.8. The molecule has 0 fully saturated rings. The Bertz CT molecular complexity index is 3310. The zero-order valence-electron chi connectivity index (χ0n) is 30.7. The van der Waals surface area contributed by atoms with Crippen molar-refractivity contribution in [2.75, 3.05) is 0 Å². The minimum Gasteiger partial charge on any atom is -0.309 e. The molecular weight excluding hydrogens is 675 g/mol. The van der Waals surface area contributed by atoms with Crippen LogP contribution in [0.2, 0.25) is 0 Å². The highest BCUT2D eigenvalue weighted by Crippen LogP contribution is 2.45. The van der Waals surface area contributed by atoms with Gasteiger partial charge in [0.25, 0.3) is 0 Å². The van der Waals surface area contributed by atoms with Crippen molar-refractivity contribution in [1.82, 2.24) is 4.57 Å². The second kappa shape index (κ2) is 12.1. The quantitative estimate of drug-likeness (QED) is 0.160. The van der Waals surface area contributed by atoms with E-state index in [2.05, 4.69) is 205 Å². The third-order valence-corrected chi connectivity index (χ3v) is 12.2. The smallest absolute Gasteiger partial charge is 0.0541 e. The topological polar surface area (TPSA) is 4.93 Å². The van der Waals surface area contributed by atoms with Gasteiger partial charge in [0, 0.05) is 16.5 Å². The van der Waals surface area contributed by atoms with E-state index in [0.29, 0.717) is 0 Å². The van der Waals surface area contributed by atoms with E-state index in [1.54, 1.807) is 0 Å². The fraction of sp³-hybridized carbons (Fsp3) is 0.0182. The summed E-state index contributed by atoms with van der Waals surface area (Å²) in [4.78, 5) is 0. The molecule has 0 aliphatic heterocycles. The number of hydrogen-bond donors (Lipinski definition) is 0. The van der Waals surface area contributed by atoms with Gasteiger partial charge in [-0.3, -0.25) is 0 Å². The van der Waals surface area contributed by atoms with E-state index in [9.17, 15) is 0 Å². The molecule has 1 aromatic heterocycles. The summed E-state index contributed by atoms with van der Waals surface area (Å²) in [7, 11) is 0. The van der Waals surface area contributed by atoms with Gasteiger partial charge < -0.3 is 4.57 Å². The molecule has 12 rings (SSSR count). The fourth-order valence-electron chi connectivity index (χ4n) is 9.63. The molecule has 1 aliphatic rings. The van der Waals surface area contributed by atoms with Crippen molar-refractivity contribution in [2.24, 2.45) is 0 Å². The Morgan fingerprint density at radius 1 is 0.286 bits per heavy atom. The monoisotopic (exact) mass is 709 g/mol. The van der Waals surface area contributed by atoms with Gasteiger partial charge in [-0.05, 0) is 137 Å². The lowest BCUT2D eigenvalue weighted by molar-refractivity contribution is 1.18. The molecule has 1 heterocycles. The summed E-state index contributed by atoms with van der Waals surface area (Å²) in [5.41, 5.74) is 16.6. The van der Waals surface area contributed by atoms with Crippen LogP contribution in [0, 0.1) is 0 Å². The second-order valence-electron chi connectivity index (χ2n) is 15.2. The van der Waals surface area contributed by atoms with Crippen LogP contribution in [0.1, 0.15) is 11.1 Å². The molecule has 56 heavy (non-hydrogen) atoms. The molecule has 0 saturated carbocycles. The van der Waals surface area contributed by atoms with E-state index >= 15 is 0 Å². The Morgan fingerprint density at radius 3 is 1.46 bits per heavy atom. The molecule has 10 aromatic carbocycles. The standard InChI is InChI=1S/C55H35N/c1-2-18-45-43(16-1)44-17-3-4-19-46(44)53-33-39(28-29-48(45)53)42-22-11-23-47-51-32-38(26-27-40(51)34-52(42)47)36-13-9-12-35(30-36)37-14-10-15-41(31-37)56-54-24-7-5-20-49(54)50-21-6-8-25-55(50)56/h1-33H,34H2. The Hall–Kier alpha value is -7.22. The highest BCUT2D eigenvalue weighted by atomic mass is 15.0. The molecule has 0 unspecified atom stereocenters. The van der Waals surface area contributed by atoms with Crippen molar-refractivity contribution < 1.29 is 0 Å². The van der Waals surface area contributed by atoms with Gasteiger partial charge in [-0.2, -0.15) is 0 Å². The predicted molar refractivity (Wildman–Crippen MR) is 238 cm³/mol. The van der Waals surface area contributed by atoms with Gasteiger partial charge in [-0.25, -0.2) is 0 Å². The van der Waals surface area contributed by atoms with Crippen LogP contribution in [-0.4, -0.2) is 4.57 Å². The van der Waals surface area contributed by atoms with Crippen molar-refractivity contribution in [3.8, 4) is 50.2 Å². The van der Waals surface area contributed by atoms with Gasteiger partial charge >= 0.3 is 0 Å². The van der Waals surface area contributed by atoms with Crippen LogP contribution in [0.5, 0.6) is 0 Å². The molecule has 0 amide bonds. The Kier molecular flexibility index (Phi) is 6.76. The lowest BCUT2D eigenvalue weighted by atomic mass is 9.90. The fourth-order valence-corrected chi connectivity index (χ4v) is 9.63. The van der Waals surface area contributed by atoms with Crippen molar-refractivity contribution in [1.29, 1.82) is 0 Å². The highest BCUT2D eigenvalue weighted by molar-refractivity contribution is 6.25. The molecule has 260 valence electrons. The molecule has 0 N–H and O–H groups in total. The molecule has 0 bridgehead atoms. The van der Waals surface area contributed by atoms with Gasteiger partial charge in [0.05, 0.1) is 11.0 Å². The molecule has 0 atom stereocenters. The van der Waals surface area contributed by atoms with Crippen molar-refractivity contribution in [2.45, 2.75) is 6.42 Å². The average molecular weight is 710 g/mol. The maximum atomic E-state index is 2.43.